The van der Waals surface area contributed by atoms with Gasteiger partial charge in [-0.05, 0) is 36.8 Å². The van der Waals surface area contributed by atoms with Crippen LogP contribution in [-0.2, 0) is 13.6 Å². The van der Waals surface area contributed by atoms with E-state index in [4.69, 9.17) is 23.8 Å². The maximum absolute atomic E-state index is 6.05. The van der Waals surface area contributed by atoms with Gasteiger partial charge >= 0.3 is 0 Å². The summed E-state index contributed by atoms with van der Waals surface area (Å²) in [6.45, 7) is 2.58. The smallest absolute Gasteiger partial charge is 0.194 e. The minimum absolute atomic E-state index is 0.600. The van der Waals surface area contributed by atoms with Gasteiger partial charge in [0.25, 0.3) is 0 Å². The zero-order chi connectivity index (χ0) is 12.4. The molecule has 2 rings (SSSR count). The predicted octanol–water partition coefficient (Wildman–Crippen LogP) is 3.05. The largest absolute Gasteiger partial charge is 0.378 e. The molecule has 0 aliphatic rings. The van der Waals surface area contributed by atoms with E-state index < -0.39 is 0 Å². The van der Waals surface area contributed by atoms with Gasteiger partial charge in [-0.25, -0.2) is 0 Å². The van der Waals surface area contributed by atoms with Gasteiger partial charge in [0.05, 0.1) is 6.54 Å². The topological polar surface area (TPSA) is 45.6 Å². The number of hydrogen-bond acceptors (Lipinski definition) is 3. The second-order valence-corrected chi connectivity index (χ2v) is 4.62. The third-order valence-electron chi connectivity index (χ3n) is 2.59. The highest BCUT2D eigenvalue weighted by molar-refractivity contribution is 7.71. The van der Waals surface area contributed by atoms with Gasteiger partial charge in [-0.3, -0.25) is 5.10 Å². The maximum atomic E-state index is 6.05. The van der Waals surface area contributed by atoms with Crippen LogP contribution in [0.2, 0.25) is 5.02 Å². The zero-order valence-electron chi connectivity index (χ0n) is 9.62. The van der Waals surface area contributed by atoms with E-state index in [0.717, 1.165) is 22.1 Å². The Morgan fingerprint density at radius 2 is 2.29 bits per heavy atom. The molecule has 0 unspecified atom stereocenters. The summed E-state index contributed by atoms with van der Waals surface area (Å²) in [6, 6.07) is 5.87. The monoisotopic (exact) mass is 268 g/mol. The van der Waals surface area contributed by atoms with Gasteiger partial charge in [-0.1, -0.05) is 17.7 Å². The van der Waals surface area contributed by atoms with Crippen molar-refractivity contribution in [2.24, 2.45) is 7.05 Å². The molecule has 0 atom stereocenters. The first-order valence-corrected chi connectivity index (χ1v) is 5.97. The molecule has 0 spiro atoms. The Hall–Kier alpha value is -1.33. The second kappa shape index (κ2) is 4.89. The third kappa shape index (κ3) is 2.68. The number of H-pyrrole nitrogens is 1. The first-order valence-electron chi connectivity index (χ1n) is 5.18. The standard InChI is InChI=1S/C11H13ClN4S/c1-7-3-4-8(5-9(7)12)13-6-10-14-15-11(17)16(10)2/h3-5,13H,6H2,1-2H3,(H,15,17). The minimum Gasteiger partial charge on any atom is -0.378 e. The lowest BCUT2D eigenvalue weighted by Gasteiger charge is -2.07. The van der Waals surface area contributed by atoms with E-state index in [1.807, 2.05) is 36.7 Å². The van der Waals surface area contributed by atoms with Crippen molar-refractivity contribution in [2.75, 3.05) is 5.32 Å². The molecular weight excluding hydrogens is 256 g/mol. The van der Waals surface area contributed by atoms with E-state index in [1.165, 1.54) is 0 Å². The summed E-state index contributed by atoms with van der Waals surface area (Å²) in [5.74, 6) is 0.853. The average Bonchev–Trinajstić information content (AvgIpc) is 2.62. The van der Waals surface area contributed by atoms with E-state index >= 15 is 0 Å². The number of nitrogens with zero attached hydrogens (tertiary/aromatic N) is 2. The fraction of sp³-hybridized carbons (Fsp3) is 0.273. The molecule has 0 saturated heterocycles. The quantitative estimate of drug-likeness (QED) is 0.841. The lowest BCUT2D eigenvalue weighted by molar-refractivity contribution is 0.805. The fourth-order valence-electron chi connectivity index (χ4n) is 1.42. The number of anilines is 1. The first-order chi connectivity index (χ1) is 8.08. The average molecular weight is 269 g/mol. The molecule has 2 aromatic rings. The van der Waals surface area contributed by atoms with Crippen LogP contribution >= 0.6 is 23.8 Å². The molecule has 2 N–H and O–H groups in total. The normalized spacial score (nSPS) is 10.5. The van der Waals surface area contributed by atoms with Crippen LogP contribution in [-0.4, -0.2) is 14.8 Å². The van der Waals surface area contributed by atoms with Gasteiger partial charge in [0.2, 0.25) is 0 Å². The Morgan fingerprint density at radius 1 is 1.53 bits per heavy atom. The number of benzene rings is 1. The lowest BCUT2D eigenvalue weighted by Crippen LogP contribution is -2.06. The number of rotatable bonds is 3. The van der Waals surface area contributed by atoms with E-state index in [2.05, 4.69) is 15.5 Å². The molecule has 90 valence electrons. The van der Waals surface area contributed by atoms with Gasteiger partial charge in [0, 0.05) is 17.8 Å². The molecule has 0 fully saturated rings. The van der Waals surface area contributed by atoms with Gasteiger partial charge in [0.1, 0.15) is 0 Å². The van der Waals surface area contributed by atoms with Crippen molar-refractivity contribution >= 4 is 29.5 Å². The fourth-order valence-corrected chi connectivity index (χ4v) is 1.75. The molecule has 1 aromatic heterocycles. The maximum Gasteiger partial charge on any atom is 0.194 e. The number of aryl methyl sites for hydroxylation is 1. The van der Waals surface area contributed by atoms with Crippen LogP contribution in [0.1, 0.15) is 11.4 Å². The van der Waals surface area contributed by atoms with Crippen molar-refractivity contribution in [3.05, 3.63) is 39.4 Å². The van der Waals surface area contributed by atoms with Gasteiger partial charge < -0.3 is 9.88 Å². The van der Waals surface area contributed by atoms with Crippen molar-refractivity contribution < 1.29 is 0 Å². The number of hydrogen-bond donors (Lipinski definition) is 2. The van der Waals surface area contributed by atoms with Crippen molar-refractivity contribution in [1.29, 1.82) is 0 Å². The van der Waals surface area contributed by atoms with Crippen molar-refractivity contribution in [2.45, 2.75) is 13.5 Å². The van der Waals surface area contributed by atoms with E-state index in [0.29, 0.717) is 11.3 Å². The van der Waals surface area contributed by atoms with Crippen LogP contribution in [0, 0.1) is 11.7 Å². The van der Waals surface area contributed by atoms with Gasteiger partial charge in [-0.15, -0.1) is 0 Å². The Labute approximate surface area is 110 Å². The van der Waals surface area contributed by atoms with Crippen LogP contribution in [0.4, 0.5) is 5.69 Å². The first kappa shape index (κ1) is 12.1. The molecule has 1 heterocycles. The molecule has 0 radical (unpaired) electrons. The van der Waals surface area contributed by atoms with Crippen LogP contribution in [0.5, 0.6) is 0 Å². The van der Waals surface area contributed by atoms with Gasteiger partial charge in [-0.2, -0.15) is 5.10 Å². The summed E-state index contributed by atoms with van der Waals surface area (Å²) < 4.78 is 2.45. The number of aromatic nitrogens is 3. The molecule has 6 heteroatoms. The number of aromatic amines is 1. The van der Waals surface area contributed by atoms with E-state index in [-0.39, 0.29) is 0 Å². The van der Waals surface area contributed by atoms with Crippen LogP contribution in [0.15, 0.2) is 18.2 Å². The second-order valence-electron chi connectivity index (χ2n) is 3.82. The predicted molar refractivity (Wildman–Crippen MR) is 71.9 cm³/mol. The van der Waals surface area contributed by atoms with Crippen LogP contribution in [0.3, 0.4) is 0 Å². The summed E-state index contributed by atoms with van der Waals surface area (Å²) in [4.78, 5) is 0. The lowest BCUT2D eigenvalue weighted by atomic mass is 10.2. The Morgan fingerprint density at radius 3 is 2.88 bits per heavy atom. The molecule has 0 saturated carbocycles. The molecule has 17 heavy (non-hydrogen) atoms. The SMILES string of the molecule is Cc1ccc(NCc2n[nH]c(=S)n2C)cc1Cl. The van der Waals surface area contributed by atoms with Crippen LogP contribution < -0.4 is 5.32 Å². The van der Waals surface area contributed by atoms with Crippen molar-refractivity contribution in [3.63, 3.8) is 0 Å². The highest BCUT2D eigenvalue weighted by Gasteiger charge is 2.02. The Balaban J connectivity index is 2.10. The molecule has 0 aliphatic heterocycles. The highest BCUT2D eigenvalue weighted by Crippen LogP contribution is 2.20. The summed E-state index contributed by atoms with van der Waals surface area (Å²) in [7, 11) is 1.88. The zero-order valence-corrected chi connectivity index (χ0v) is 11.2. The Bertz CT molecular complexity index is 587. The number of halogens is 1. The molecule has 0 amide bonds. The summed E-state index contributed by atoms with van der Waals surface area (Å²) in [5.41, 5.74) is 2.03. The molecule has 0 bridgehead atoms. The summed E-state index contributed by atoms with van der Waals surface area (Å²) in [6.07, 6.45) is 0. The molecular formula is C11H13ClN4S. The molecule has 1 aromatic carbocycles. The molecule has 4 nitrogen and oxygen atoms in total. The van der Waals surface area contributed by atoms with Crippen LogP contribution in [0.25, 0.3) is 0 Å². The third-order valence-corrected chi connectivity index (χ3v) is 3.37. The van der Waals surface area contributed by atoms with Gasteiger partial charge in [0.15, 0.2) is 10.6 Å². The highest BCUT2D eigenvalue weighted by atomic mass is 35.5. The summed E-state index contributed by atoms with van der Waals surface area (Å²) in [5, 5.41) is 10.9. The van der Waals surface area contributed by atoms with E-state index in [9.17, 15) is 0 Å². The van der Waals surface area contributed by atoms with Crippen molar-refractivity contribution in [1.82, 2.24) is 14.8 Å². The minimum atomic E-state index is 0.600. The summed E-state index contributed by atoms with van der Waals surface area (Å²) >= 11 is 11.1. The molecule has 0 aliphatic carbocycles. The van der Waals surface area contributed by atoms with E-state index in [1.54, 1.807) is 0 Å². The van der Waals surface area contributed by atoms with Crippen molar-refractivity contribution in [3.8, 4) is 0 Å². The Kier molecular flexibility index (Phi) is 3.49. The number of nitrogens with one attached hydrogen (secondary N) is 2.